The van der Waals surface area contributed by atoms with Crippen LogP contribution in [0.4, 0.5) is 5.69 Å². The minimum Gasteiger partial charge on any atom is -0.398 e. The zero-order valence-corrected chi connectivity index (χ0v) is 11.0. The van der Waals surface area contributed by atoms with Gasteiger partial charge in [-0.25, -0.2) is 4.98 Å². The highest BCUT2D eigenvalue weighted by atomic mass is 16.5. The summed E-state index contributed by atoms with van der Waals surface area (Å²) in [5.74, 6) is -0.248. The molecule has 0 saturated heterocycles. The number of benzene rings is 1. The lowest BCUT2D eigenvalue weighted by Gasteiger charge is -2.13. The van der Waals surface area contributed by atoms with Crippen LogP contribution in [-0.2, 0) is 4.74 Å². The number of anilines is 1. The van der Waals surface area contributed by atoms with E-state index in [1.165, 1.54) is 0 Å². The van der Waals surface area contributed by atoms with Gasteiger partial charge in [0.25, 0.3) is 5.91 Å². The quantitative estimate of drug-likeness (QED) is 0.874. The second kappa shape index (κ2) is 5.67. The van der Waals surface area contributed by atoms with Crippen molar-refractivity contribution in [2.75, 3.05) is 19.5 Å². The van der Waals surface area contributed by atoms with E-state index in [-0.39, 0.29) is 11.9 Å². The predicted octanol–water partition coefficient (Wildman–Crippen LogP) is 1.58. The number of para-hydroxylation sites is 1. The molecule has 1 aromatic carbocycles. The van der Waals surface area contributed by atoms with Crippen molar-refractivity contribution in [2.24, 2.45) is 0 Å². The lowest BCUT2D eigenvalue weighted by Crippen LogP contribution is -2.36. The van der Waals surface area contributed by atoms with Gasteiger partial charge in [-0.2, -0.15) is 0 Å². The van der Waals surface area contributed by atoms with Crippen LogP contribution in [0.1, 0.15) is 17.4 Å². The Bertz CT molecular complexity index is 598. The van der Waals surface area contributed by atoms with Crippen LogP contribution >= 0.6 is 0 Å². The first-order valence-corrected chi connectivity index (χ1v) is 6.07. The fourth-order valence-corrected chi connectivity index (χ4v) is 1.91. The van der Waals surface area contributed by atoms with E-state index in [1.807, 2.05) is 31.2 Å². The maximum absolute atomic E-state index is 12.0. The van der Waals surface area contributed by atoms with Gasteiger partial charge >= 0.3 is 0 Å². The molecular weight excluding hydrogens is 242 g/mol. The van der Waals surface area contributed by atoms with Gasteiger partial charge in [0.05, 0.1) is 12.1 Å². The highest BCUT2D eigenvalue weighted by Gasteiger charge is 2.13. The Hall–Kier alpha value is -2.14. The number of rotatable bonds is 4. The molecule has 2 rings (SSSR count). The lowest BCUT2D eigenvalue weighted by atomic mass is 10.1. The van der Waals surface area contributed by atoms with Gasteiger partial charge in [-0.1, -0.05) is 18.2 Å². The second-order valence-electron chi connectivity index (χ2n) is 4.44. The highest BCUT2D eigenvalue weighted by molar-refractivity contribution is 5.99. The fraction of sp³-hybridized carbons (Fsp3) is 0.286. The Labute approximate surface area is 111 Å². The number of aromatic nitrogens is 1. The molecule has 0 radical (unpaired) electrons. The van der Waals surface area contributed by atoms with E-state index in [4.69, 9.17) is 10.5 Å². The number of carbonyl (C=O) groups is 1. The maximum atomic E-state index is 12.0. The molecule has 19 heavy (non-hydrogen) atoms. The normalized spacial score (nSPS) is 12.3. The summed E-state index contributed by atoms with van der Waals surface area (Å²) in [6, 6.07) is 8.99. The number of nitrogens with one attached hydrogen (secondary N) is 1. The van der Waals surface area contributed by atoms with Crippen LogP contribution in [0.25, 0.3) is 10.9 Å². The first kappa shape index (κ1) is 13.3. The topological polar surface area (TPSA) is 77.2 Å². The molecule has 0 bridgehead atoms. The van der Waals surface area contributed by atoms with E-state index in [0.29, 0.717) is 23.5 Å². The second-order valence-corrected chi connectivity index (χ2v) is 4.44. The number of methoxy groups -OCH3 is 1. The van der Waals surface area contributed by atoms with Gasteiger partial charge in [0.2, 0.25) is 0 Å². The van der Waals surface area contributed by atoms with Crippen molar-refractivity contribution in [1.82, 2.24) is 10.3 Å². The molecule has 1 heterocycles. The number of pyridine rings is 1. The third-order valence-corrected chi connectivity index (χ3v) is 2.77. The van der Waals surface area contributed by atoms with Crippen LogP contribution in [-0.4, -0.2) is 30.6 Å². The highest BCUT2D eigenvalue weighted by Crippen LogP contribution is 2.19. The molecule has 1 aromatic heterocycles. The van der Waals surface area contributed by atoms with E-state index >= 15 is 0 Å². The Morgan fingerprint density at radius 3 is 2.95 bits per heavy atom. The summed E-state index contributed by atoms with van der Waals surface area (Å²) >= 11 is 0. The summed E-state index contributed by atoms with van der Waals surface area (Å²) in [6.45, 7) is 2.32. The maximum Gasteiger partial charge on any atom is 0.270 e. The Morgan fingerprint density at radius 2 is 2.21 bits per heavy atom. The average Bonchev–Trinajstić information content (AvgIpc) is 2.39. The minimum atomic E-state index is -0.248. The SMILES string of the molecule is COCC(C)NC(=O)c1cc(N)c2ccccc2n1. The Morgan fingerprint density at radius 1 is 1.47 bits per heavy atom. The van der Waals surface area contributed by atoms with E-state index in [1.54, 1.807) is 13.2 Å². The van der Waals surface area contributed by atoms with E-state index in [0.717, 1.165) is 5.39 Å². The predicted molar refractivity (Wildman–Crippen MR) is 75.0 cm³/mol. The zero-order chi connectivity index (χ0) is 13.8. The molecule has 0 spiro atoms. The van der Waals surface area contributed by atoms with Crippen LogP contribution in [0, 0.1) is 0 Å². The van der Waals surface area contributed by atoms with Gasteiger partial charge in [-0.3, -0.25) is 4.79 Å². The molecule has 0 fully saturated rings. The van der Waals surface area contributed by atoms with Crippen LogP contribution in [0.2, 0.25) is 0 Å². The summed E-state index contributed by atoms with van der Waals surface area (Å²) in [5.41, 5.74) is 7.52. The molecule has 2 aromatic rings. The Balaban J connectivity index is 2.28. The van der Waals surface area contributed by atoms with Crippen molar-refractivity contribution in [3.8, 4) is 0 Å². The third kappa shape index (κ3) is 3.00. The molecule has 1 amide bonds. The lowest BCUT2D eigenvalue weighted by molar-refractivity contribution is 0.0901. The molecular formula is C14H17N3O2. The first-order valence-electron chi connectivity index (χ1n) is 6.07. The van der Waals surface area contributed by atoms with Crippen LogP contribution < -0.4 is 11.1 Å². The van der Waals surface area contributed by atoms with Crippen molar-refractivity contribution >= 4 is 22.5 Å². The van der Waals surface area contributed by atoms with Crippen molar-refractivity contribution in [3.05, 3.63) is 36.0 Å². The summed E-state index contributed by atoms with van der Waals surface area (Å²) in [4.78, 5) is 16.4. The van der Waals surface area contributed by atoms with Crippen molar-refractivity contribution in [1.29, 1.82) is 0 Å². The average molecular weight is 259 g/mol. The summed E-state index contributed by atoms with van der Waals surface area (Å²) in [6.07, 6.45) is 0. The van der Waals surface area contributed by atoms with Gasteiger partial charge in [-0.05, 0) is 19.1 Å². The summed E-state index contributed by atoms with van der Waals surface area (Å²) in [7, 11) is 1.59. The molecule has 0 aliphatic rings. The van der Waals surface area contributed by atoms with Gasteiger partial charge in [-0.15, -0.1) is 0 Å². The van der Waals surface area contributed by atoms with Crippen LogP contribution in [0.15, 0.2) is 30.3 Å². The van der Waals surface area contributed by atoms with Gasteiger partial charge in [0.1, 0.15) is 5.69 Å². The molecule has 5 nitrogen and oxygen atoms in total. The van der Waals surface area contributed by atoms with Crippen LogP contribution in [0.3, 0.4) is 0 Å². The molecule has 5 heteroatoms. The molecule has 100 valence electrons. The van der Waals surface area contributed by atoms with E-state index in [9.17, 15) is 4.79 Å². The molecule has 0 aliphatic carbocycles. The number of hydrogen-bond acceptors (Lipinski definition) is 4. The molecule has 3 N–H and O–H groups in total. The fourth-order valence-electron chi connectivity index (χ4n) is 1.91. The number of fused-ring (bicyclic) bond motifs is 1. The van der Waals surface area contributed by atoms with Crippen molar-refractivity contribution in [3.63, 3.8) is 0 Å². The Kier molecular flexibility index (Phi) is 3.97. The number of nitrogens with zero attached hydrogens (tertiary/aromatic N) is 1. The van der Waals surface area contributed by atoms with Gasteiger partial charge in [0, 0.05) is 24.2 Å². The van der Waals surface area contributed by atoms with Crippen molar-refractivity contribution in [2.45, 2.75) is 13.0 Å². The van der Waals surface area contributed by atoms with E-state index in [2.05, 4.69) is 10.3 Å². The molecule has 0 saturated carbocycles. The largest absolute Gasteiger partial charge is 0.398 e. The van der Waals surface area contributed by atoms with Crippen molar-refractivity contribution < 1.29 is 9.53 Å². The third-order valence-electron chi connectivity index (χ3n) is 2.77. The molecule has 0 aliphatic heterocycles. The van der Waals surface area contributed by atoms with Crippen LogP contribution in [0.5, 0.6) is 0 Å². The molecule has 1 atom stereocenters. The number of ether oxygens (including phenoxy) is 1. The first-order chi connectivity index (χ1) is 9.11. The summed E-state index contributed by atoms with van der Waals surface area (Å²) in [5, 5.41) is 3.66. The number of nitrogens with two attached hydrogens (primary N) is 1. The van der Waals surface area contributed by atoms with E-state index < -0.39 is 0 Å². The minimum absolute atomic E-state index is 0.0769. The zero-order valence-electron chi connectivity index (χ0n) is 11.0. The number of hydrogen-bond donors (Lipinski definition) is 2. The summed E-state index contributed by atoms with van der Waals surface area (Å²) < 4.78 is 4.97. The number of nitrogen functional groups attached to an aromatic ring is 1. The number of carbonyl (C=O) groups excluding carboxylic acids is 1. The van der Waals surface area contributed by atoms with Gasteiger partial charge < -0.3 is 15.8 Å². The van der Waals surface area contributed by atoms with Gasteiger partial charge in [0.15, 0.2) is 0 Å². The monoisotopic (exact) mass is 259 g/mol. The number of amides is 1. The standard InChI is InChI=1S/C14H17N3O2/c1-9(8-19-2)16-14(18)13-7-11(15)10-5-3-4-6-12(10)17-13/h3-7,9H,8H2,1-2H3,(H2,15,17)(H,16,18). The smallest absolute Gasteiger partial charge is 0.270 e. The molecule has 1 unspecified atom stereocenters.